The summed E-state index contributed by atoms with van der Waals surface area (Å²) in [6.07, 6.45) is 2.80. The molecule has 0 amide bonds. The number of hydrogen-bond acceptors (Lipinski definition) is 3. The van der Waals surface area contributed by atoms with Gasteiger partial charge in [-0.1, -0.05) is 49.2 Å². The monoisotopic (exact) mass is 346 g/mol. The molecule has 4 rings (SSSR count). The molecule has 0 saturated carbocycles. The first-order valence-corrected chi connectivity index (χ1v) is 9.58. The van der Waals surface area contributed by atoms with Gasteiger partial charge in [-0.05, 0) is 43.9 Å². The van der Waals surface area contributed by atoms with Crippen molar-refractivity contribution in [3.63, 3.8) is 0 Å². The average Bonchev–Trinajstić information content (AvgIpc) is 2.93. The number of fused-ring (bicyclic) bond motifs is 3. The molecule has 2 aromatic heterocycles. The van der Waals surface area contributed by atoms with Gasteiger partial charge in [-0.3, -0.25) is 0 Å². The zero-order valence-corrected chi connectivity index (χ0v) is 15.9. The summed E-state index contributed by atoms with van der Waals surface area (Å²) in [6.45, 7) is 8.82. The number of thiophene rings is 1. The van der Waals surface area contributed by atoms with Gasteiger partial charge in [0.25, 0.3) is 0 Å². The fraction of sp³-hybridized carbons (Fsp3) is 0.273. The van der Waals surface area contributed by atoms with E-state index in [1.807, 2.05) is 11.3 Å². The summed E-state index contributed by atoms with van der Waals surface area (Å²) < 4.78 is 2.55. The van der Waals surface area contributed by atoms with Crippen LogP contribution in [0.1, 0.15) is 30.5 Å². The van der Waals surface area contributed by atoms with Crippen LogP contribution in [0.4, 0.5) is 0 Å². The van der Waals surface area contributed by atoms with Crippen molar-refractivity contribution in [1.82, 2.24) is 9.97 Å². The van der Waals surface area contributed by atoms with Crippen LogP contribution in [0.25, 0.3) is 31.6 Å². The summed E-state index contributed by atoms with van der Waals surface area (Å²) in [4.78, 5) is 9.26. The number of aryl methyl sites for hydroxylation is 2. The Hall–Kier alpha value is -2.26. The summed E-state index contributed by atoms with van der Waals surface area (Å²) in [6, 6.07) is 13.2. The lowest BCUT2D eigenvalue weighted by molar-refractivity contribution is 0.650. The zero-order valence-electron chi connectivity index (χ0n) is 15.1. The third-order valence-electron chi connectivity index (χ3n) is 4.48. The molecule has 2 nitrogen and oxygen atoms in total. The Morgan fingerprint density at radius 1 is 0.960 bits per heavy atom. The Balaban J connectivity index is 2.01. The zero-order chi connectivity index (χ0) is 17.6. The van der Waals surface area contributed by atoms with Crippen molar-refractivity contribution in [2.75, 3.05) is 0 Å². The van der Waals surface area contributed by atoms with Crippen LogP contribution in [0.15, 0.2) is 42.7 Å². The molecule has 0 aliphatic rings. The van der Waals surface area contributed by atoms with Gasteiger partial charge in [-0.25, -0.2) is 9.97 Å². The van der Waals surface area contributed by atoms with Gasteiger partial charge in [0.1, 0.15) is 6.33 Å². The van der Waals surface area contributed by atoms with Crippen molar-refractivity contribution in [2.24, 2.45) is 5.92 Å². The van der Waals surface area contributed by atoms with Crippen LogP contribution in [-0.2, 0) is 6.42 Å². The minimum Gasteiger partial charge on any atom is -0.235 e. The SMILES string of the molecule is Cc1cc(C)cc(-c2ncnc3c2sc2c(CC(C)C)cccc23)c1. The molecule has 0 N–H and O–H groups in total. The van der Waals surface area contributed by atoms with Gasteiger partial charge in [0.15, 0.2) is 0 Å². The fourth-order valence-corrected chi connectivity index (χ4v) is 4.86. The van der Waals surface area contributed by atoms with Gasteiger partial charge in [0, 0.05) is 15.6 Å². The normalized spacial score (nSPS) is 11.7. The maximum atomic E-state index is 4.64. The van der Waals surface area contributed by atoms with E-state index in [0.717, 1.165) is 17.6 Å². The Morgan fingerprint density at radius 3 is 2.44 bits per heavy atom. The molecule has 25 heavy (non-hydrogen) atoms. The molecule has 0 saturated heterocycles. The molecule has 0 spiro atoms. The average molecular weight is 346 g/mol. The fourth-order valence-electron chi connectivity index (χ4n) is 3.57. The van der Waals surface area contributed by atoms with E-state index in [9.17, 15) is 0 Å². The van der Waals surface area contributed by atoms with E-state index in [0.29, 0.717) is 5.92 Å². The van der Waals surface area contributed by atoms with Crippen LogP contribution in [0.3, 0.4) is 0 Å². The molecule has 3 heteroatoms. The van der Waals surface area contributed by atoms with Crippen molar-refractivity contribution >= 4 is 31.6 Å². The lowest BCUT2D eigenvalue weighted by atomic mass is 10.0. The second-order valence-electron chi connectivity index (χ2n) is 7.27. The number of hydrogen-bond donors (Lipinski definition) is 0. The highest BCUT2D eigenvalue weighted by atomic mass is 32.1. The number of rotatable bonds is 3. The number of benzene rings is 2. The van der Waals surface area contributed by atoms with Crippen LogP contribution in [0, 0.1) is 19.8 Å². The van der Waals surface area contributed by atoms with Crippen molar-refractivity contribution in [3.8, 4) is 11.3 Å². The third-order valence-corrected chi connectivity index (χ3v) is 5.76. The van der Waals surface area contributed by atoms with Crippen LogP contribution in [-0.4, -0.2) is 9.97 Å². The predicted molar refractivity (Wildman–Crippen MR) is 108 cm³/mol. The third kappa shape index (κ3) is 2.93. The quantitative estimate of drug-likeness (QED) is 0.433. The lowest BCUT2D eigenvalue weighted by Gasteiger charge is -2.05. The molecule has 0 unspecified atom stereocenters. The van der Waals surface area contributed by atoms with Crippen molar-refractivity contribution < 1.29 is 0 Å². The van der Waals surface area contributed by atoms with Crippen molar-refractivity contribution in [2.45, 2.75) is 34.1 Å². The van der Waals surface area contributed by atoms with E-state index in [2.05, 4.69) is 74.1 Å². The first-order valence-electron chi connectivity index (χ1n) is 8.76. The Kier molecular flexibility index (Phi) is 4.04. The maximum Gasteiger partial charge on any atom is 0.116 e. The topological polar surface area (TPSA) is 25.8 Å². The molecule has 4 aromatic rings. The van der Waals surface area contributed by atoms with Gasteiger partial charge < -0.3 is 0 Å². The highest BCUT2D eigenvalue weighted by Gasteiger charge is 2.15. The largest absolute Gasteiger partial charge is 0.235 e. The molecule has 2 heterocycles. The van der Waals surface area contributed by atoms with Crippen LogP contribution in [0.5, 0.6) is 0 Å². The Labute approximate surface area is 152 Å². The van der Waals surface area contributed by atoms with E-state index >= 15 is 0 Å². The molecule has 0 atom stereocenters. The van der Waals surface area contributed by atoms with Gasteiger partial charge in [-0.2, -0.15) is 0 Å². The second kappa shape index (κ2) is 6.23. The number of aromatic nitrogens is 2. The van der Waals surface area contributed by atoms with Gasteiger partial charge in [0.05, 0.1) is 15.9 Å². The summed E-state index contributed by atoms with van der Waals surface area (Å²) in [7, 11) is 0. The Bertz CT molecular complexity index is 1060. The smallest absolute Gasteiger partial charge is 0.116 e. The molecule has 0 aliphatic heterocycles. The van der Waals surface area contributed by atoms with E-state index in [-0.39, 0.29) is 0 Å². The molecular weight excluding hydrogens is 324 g/mol. The van der Waals surface area contributed by atoms with E-state index in [4.69, 9.17) is 0 Å². The highest BCUT2D eigenvalue weighted by molar-refractivity contribution is 7.26. The minimum atomic E-state index is 0.640. The highest BCUT2D eigenvalue weighted by Crippen LogP contribution is 2.39. The first kappa shape index (κ1) is 16.2. The lowest BCUT2D eigenvalue weighted by Crippen LogP contribution is -1.93. The molecule has 0 fully saturated rings. The second-order valence-corrected chi connectivity index (χ2v) is 8.29. The van der Waals surface area contributed by atoms with Crippen molar-refractivity contribution in [3.05, 3.63) is 59.4 Å². The predicted octanol–water partition coefficient (Wildman–Crippen LogP) is 6.33. The molecular formula is C22H22N2S. The van der Waals surface area contributed by atoms with Gasteiger partial charge >= 0.3 is 0 Å². The summed E-state index contributed by atoms with van der Waals surface area (Å²) in [5.41, 5.74) is 7.26. The maximum absolute atomic E-state index is 4.64. The van der Waals surface area contributed by atoms with Crippen LogP contribution >= 0.6 is 11.3 Å². The number of nitrogens with zero attached hydrogens (tertiary/aromatic N) is 2. The van der Waals surface area contributed by atoms with Crippen LogP contribution in [0.2, 0.25) is 0 Å². The van der Waals surface area contributed by atoms with E-state index in [1.54, 1.807) is 6.33 Å². The molecule has 126 valence electrons. The van der Waals surface area contributed by atoms with E-state index in [1.165, 1.54) is 37.0 Å². The minimum absolute atomic E-state index is 0.640. The van der Waals surface area contributed by atoms with Crippen molar-refractivity contribution in [1.29, 1.82) is 0 Å². The summed E-state index contributed by atoms with van der Waals surface area (Å²) in [5, 5.41) is 1.26. The van der Waals surface area contributed by atoms with E-state index < -0.39 is 0 Å². The molecule has 0 radical (unpaired) electrons. The van der Waals surface area contributed by atoms with Gasteiger partial charge in [-0.15, -0.1) is 11.3 Å². The van der Waals surface area contributed by atoms with Crippen LogP contribution < -0.4 is 0 Å². The Morgan fingerprint density at radius 2 is 1.72 bits per heavy atom. The summed E-state index contributed by atoms with van der Waals surface area (Å²) in [5.74, 6) is 0.640. The molecule has 0 bridgehead atoms. The standard InChI is InChI=1S/C22H22N2S/c1-13(2)8-16-6-5-7-18-20-22(25-21(16)18)19(23-12-24-20)17-10-14(3)9-15(4)11-17/h5-7,9-13H,8H2,1-4H3. The molecule has 2 aromatic carbocycles. The summed E-state index contributed by atoms with van der Waals surface area (Å²) >= 11 is 1.84. The first-order chi connectivity index (χ1) is 12.0. The van der Waals surface area contributed by atoms with Gasteiger partial charge in [0.2, 0.25) is 0 Å². The molecule has 0 aliphatic carbocycles.